The van der Waals surface area contributed by atoms with Gasteiger partial charge in [0, 0.05) is 21.9 Å². The topological polar surface area (TPSA) is 25.8 Å². The fourth-order valence-electron chi connectivity index (χ4n) is 7.60. The molecule has 0 aliphatic carbocycles. The molecule has 54 heavy (non-hydrogen) atoms. The Morgan fingerprint density at radius 3 is 1.43 bits per heavy atom. The van der Waals surface area contributed by atoms with Crippen LogP contribution in [-0.2, 0) is 0 Å². The van der Waals surface area contributed by atoms with E-state index in [9.17, 15) is 0 Å². The zero-order valence-corrected chi connectivity index (χ0v) is 29.5. The van der Waals surface area contributed by atoms with Gasteiger partial charge in [0.25, 0.3) is 0 Å². The summed E-state index contributed by atoms with van der Waals surface area (Å²) in [6, 6.07) is 73.5. The molecule has 10 aromatic rings. The summed E-state index contributed by atoms with van der Waals surface area (Å²) in [6.45, 7) is 0. The highest BCUT2D eigenvalue weighted by Crippen LogP contribution is 2.36. The molecule has 0 aliphatic rings. The number of hydrogen-bond donors (Lipinski definition) is 0. The zero-order valence-electron chi connectivity index (χ0n) is 29.5. The van der Waals surface area contributed by atoms with E-state index in [1.54, 1.807) is 0 Å². The first-order valence-corrected chi connectivity index (χ1v) is 18.4. The van der Waals surface area contributed by atoms with Crippen molar-refractivity contribution in [1.82, 2.24) is 9.97 Å². The first kappa shape index (κ1) is 31.6. The van der Waals surface area contributed by atoms with Gasteiger partial charge in [-0.2, -0.15) is 0 Å². The van der Waals surface area contributed by atoms with E-state index < -0.39 is 0 Å². The predicted molar refractivity (Wildman–Crippen MR) is 227 cm³/mol. The molecule has 2 nitrogen and oxygen atoms in total. The quantitative estimate of drug-likeness (QED) is 0.163. The van der Waals surface area contributed by atoms with Crippen molar-refractivity contribution in [3.63, 3.8) is 0 Å². The van der Waals surface area contributed by atoms with Gasteiger partial charge >= 0.3 is 0 Å². The summed E-state index contributed by atoms with van der Waals surface area (Å²) in [5.41, 5.74) is 13.4. The van der Waals surface area contributed by atoms with E-state index in [4.69, 9.17) is 9.97 Å². The Morgan fingerprint density at radius 1 is 0.241 bits per heavy atom. The largest absolute Gasteiger partial charge is 0.227 e. The highest BCUT2D eigenvalue weighted by Gasteiger charge is 2.15. The number of hydrogen-bond acceptors (Lipinski definition) is 2. The maximum Gasteiger partial charge on any atom is 0.160 e. The van der Waals surface area contributed by atoms with Gasteiger partial charge in [0.15, 0.2) is 5.82 Å². The normalized spacial score (nSPS) is 11.3. The molecule has 0 saturated heterocycles. The minimum absolute atomic E-state index is 0.712. The van der Waals surface area contributed by atoms with Crippen molar-refractivity contribution in [1.29, 1.82) is 0 Å². The second-order valence-corrected chi connectivity index (χ2v) is 13.8. The lowest BCUT2D eigenvalue weighted by molar-refractivity contribution is 1.23. The van der Waals surface area contributed by atoms with Crippen LogP contribution in [0.5, 0.6) is 0 Å². The van der Waals surface area contributed by atoms with Crippen molar-refractivity contribution in [2.75, 3.05) is 0 Å². The second-order valence-electron chi connectivity index (χ2n) is 13.8. The van der Waals surface area contributed by atoms with Crippen molar-refractivity contribution >= 4 is 32.4 Å². The third-order valence-electron chi connectivity index (χ3n) is 10.5. The summed E-state index contributed by atoms with van der Waals surface area (Å²) in [5.74, 6) is 0.712. The highest BCUT2D eigenvalue weighted by molar-refractivity contribution is 6.09. The van der Waals surface area contributed by atoms with Crippen LogP contribution in [0, 0.1) is 0 Å². The van der Waals surface area contributed by atoms with Gasteiger partial charge in [-0.15, -0.1) is 0 Å². The Balaban J connectivity index is 1.03. The summed E-state index contributed by atoms with van der Waals surface area (Å²) in [6.07, 6.45) is 0. The average Bonchev–Trinajstić information content (AvgIpc) is 3.26. The molecule has 1 heterocycles. The van der Waals surface area contributed by atoms with Crippen LogP contribution in [0.3, 0.4) is 0 Å². The van der Waals surface area contributed by atoms with E-state index in [0.29, 0.717) is 5.82 Å². The van der Waals surface area contributed by atoms with Crippen molar-refractivity contribution in [3.8, 4) is 67.2 Å². The van der Waals surface area contributed by atoms with Gasteiger partial charge in [0.2, 0.25) is 0 Å². The highest BCUT2D eigenvalue weighted by atomic mass is 14.9. The van der Waals surface area contributed by atoms with Crippen LogP contribution in [0.1, 0.15) is 0 Å². The lowest BCUT2D eigenvalue weighted by Crippen LogP contribution is -1.96. The Hall–Kier alpha value is -7.16. The molecule has 252 valence electrons. The molecule has 1 aromatic heterocycles. The van der Waals surface area contributed by atoms with Crippen LogP contribution < -0.4 is 0 Å². The molecule has 0 unspecified atom stereocenters. The standard InChI is InChI=1S/C52H34N2/c1-2-10-35(11-3-1)37-20-22-38(23-21-37)44-16-9-18-47(34-44)52-53-50(49-31-30-40-13-6-7-19-48(40)51(49)54-52)41-27-24-39(25-28-41)43-15-8-17-45(32-43)46-29-26-36-12-4-5-14-42(36)33-46/h1-34H. The van der Waals surface area contributed by atoms with Gasteiger partial charge in [-0.25, -0.2) is 9.97 Å². The molecule has 0 aliphatic heterocycles. The van der Waals surface area contributed by atoms with Crippen molar-refractivity contribution in [2.24, 2.45) is 0 Å². The average molecular weight is 687 g/mol. The van der Waals surface area contributed by atoms with Crippen LogP contribution in [0.15, 0.2) is 206 Å². The maximum atomic E-state index is 5.31. The summed E-state index contributed by atoms with van der Waals surface area (Å²) < 4.78 is 0. The monoisotopic (exact) mass is 686 g/mol. The fourth-order valence-corrected chi connectivity index (χ4v) is 7.60. The summed E-state index contributed by atoms with van der Waals surface area (Å²) in [4.78, 5) is 10.6. The zero-order chi connectivity index (χ0) is 35.8. The SMILES string of the molecule is c1ccc(-c2ccc(-c3cccc(-c4nc(-c5ccc(-c6cccc(-c7ccc8ccccc8c7)c6)cc5)c5ccc6ccccc6c5n4)c3)cc2)cc1. The Labute approximate surface area is 314 Å². The molecule has 0 radical (unpaired) electrons. The van der Waals surface area contributed by atoms with Crippen LogP contribution in [0.2, 0.25) is 0 Å². The van der Waals surface area contributed by atoms with Crippen LogP contribution in [0.4, 0.5) is 0 Å². The molecule has 0 amide bonds. The number of rotatable bonds is 6. The van der Waals surface area contributed by atoms with E-state index in [-0.39, 0.29) is 0 Å². The Bertz CT molecular complexity index is 2960. The van der Waals surface area contributed by atoms with Gasteiger partial charge in [0.05, 0.1) is 11.2 Å². The molecule has 10 rings (SSSR count). The number of nitrogens with zero attached hydrogens (tertiary/aromatic N) is 2. The van der Waals surface area contributed by atoms with Gasteiger partial charge in [0.1, 0.15) is 0 Å². The molecule has 0 N–H and O–H groups in total. The maximum absolute atomic E-state index is 5.31. The minimum atomic E-state index is 0.712. The molecule has 0 bridgehead atoms. The third kappa shape index (κ3) is 5.90. The van der Waals surface area contributed by atoms with Crippen molar-refractivity contribution in [2.45, 2.75) is 0 Å². The van der Waals surface area contributed by atoms with E-state index in [2.05, 4.69) is 206 Å². The fraction of sp³-hybridized carbons (Fsp3) is 0. The predicted octanol–water partition coefficient (Wildman–Crippen LogP) is 13.9. The molecule has 0 atom stereocenters. The van der Waals surface area contributed by atoms with E-state index in [1.165, 1.54) is 38.6 Å². The second kappa shape index (κ2) is 13.4. The first-order valence-electron chi connectivity index (χ1n) is 18.4. The van der Waals surface area contributed by atoms with Gasteiger partial charge in [-0.3, -0.25) is 0 Å². The van der Waals surface area contributed by atoms with Crippen molar-refractivity contribution < 1.29 is 0 Å². The summed E-state index contributed by atoms with van der Waals surface area (Å²) in [7, 11) is 0. The number of aromatic nitrogens is 2. The van der Waals surface area contributed by atoms with E-state index in [0.717, 1.165) is 55.2 Å². The van der Waals surface area contributed by atoms with Gasteiger partial charge in [-0.1, -0.05) is 182 Å². The first-order chi connectivity index (χ1) is 26.7. The molecular formula is C52H34N2. The smallest absolute Gasteiger partial charge is 0.160 e. The molecule has 0 spiro atoms. The van der Waals surface area contributed by atoms with E-state index >= 15 is 0 Å². The number of fused-ring (bicyclic) bond motifs is 4. The Kier molecular flexibility index (Phi) is 7.85. The molecule has 0 saturated carbocycles. The van der Waals surface area contributed by atoms with E-state index in [1.807, 2.05) is 0 Å². The molecule has 0 fully saturated rings. The van der Waals surface area contributed by atoms with Crippen LogP contribution >= 0.6 is 0 Å². The lowest BCUT2D eigenvalue weighted by atomic mass is 9.96. The minimum Gasteiger partial charge on any atom is -0.227 e. The van der Waals surface area contributed by atoms with Gasteiger partial charge in [-0.05, 0) is 84.9 Å². The van der Waals surface area contributed by atoms with Crippen LogP contribution in [0.25, 0.3) is 99.6 Å². The molecular weight excluding hydrogens is 653 g/mol. The summed E-state index contributed by atoms with van der Waals surface area (Å²) >= 11 is 0. The van der Waals surface area contributed by atoms with Gasteiger partial charge < -0.3 is 0 Å². The third-order valence-corrected chi connectivity index (χ3v) is 10.5. The van der Waals surface area contributed by atoms with Crippen LogP contribution in [-0.4, -0.2) is 9.97 Å². The Morgan fingerprint density at radius 2 is 0.704 bits per heavy atom. The number of benzene rings is 9. The molecule has 9 aromatic carbocycles. The summed E-state index contributed by atoms with van der Waals surface area (Å²) in [5, 5.41) is 5.82. The van der Waals surface area contributed by atoms with Crippen molar-refractivity contribution in [3.05, 3.63) is 206 Å². The molecule has 2 heteroatoms. The lowest BCUT2D eigenvalue weighted by Gasteiger charge is -2.13.